The molecule has 14 heavy (non-hydrogen) atoms. The lowest BCUT2D eigenvalue weighted by atomic mass is 10.0. The average molecular weight is 235 g/mol. The van der Waals surface area contributed by atoms with Crippen molar-refractivity contribution in [1.82, 2.24) is 10.4 Å². The Hall–Kier alpha value is -0.330. The first-order chi connectivity index (χ1) is 6.40. The number of hydrazine groups is 1. The van der Waals surface area contributed by atoms with E-state index in [1.807, 2.05) is 20.1 Å². The maximum absolute atomic E-state index is 11.1. The number of carbonyl (C=O) groups excluding carboxylic acids is 1. The molecule has 0 aliphatic rings. The molecule has 0 fully saturated rings. The second-order valence-corrected chi connectivity index (χ2v) is 4.79. The van der Waals surface area contributed by atoms with E-state index in [4.69, 9.17) is 18.0 Å². The number of hydrogen-bond donors (Lipinski definition) is 2. The lowest BCUT2D eigenvalue weighted by Crippen LogP contribution is -2.53. The summed E-state index contributed by atoms with van der Waals surface area (Å²) in [5, 5.41) is 1.66. The number of primary amides is 1. The minimum atomic E-state index is -0.348. The normalized spacial score (nSPS) is 13.0. The third-order valence-corrected chi connectivity index (χ3v) is 2.85. The van der Waals surface area contributed by atoms with Gasteiger partial charge < -0.3 is 11.2 Å². The van der Waals surface area contributed by atoms with Crippen molar-refractivity contribution in [2.45, 2.75) is 19.9 Å². The third kappa shape index (κ3) is 4.26. The second kappa shape index (κ2) is 6.21. The number of hydrogen-bond acceptors (Lipinski definition) is 4. The fraction of sp³-hybridized carbons (Fsp3) is 0.750. The molecule has 0 aromatic carbocycles. The van der Waals surface area contributed by atoms with Gasteiger partial charge in [-0.3, -0.25) is 4.79 Å². The van der Waals surface area contributed by atoms with Crippen LogP contribution in [0.15, 0.2) is 0 Å². The Kier molecular flexibility index (Phi) is 6.06. The molecule has 0 rings (SSSR count). The molecule has 82 valence electrons. The summed E-state index contributed by atoms with van der Waals surface area (Å²) in [6.45, 7) is 3.88. The first-order valence-electron chi connectivity index (χ1n) is 4.27. The van der Waals surface area contributed by atoms with Gasteiger partial charge >= 0.3 is 0 Å². The van der Waals surface area contributed by atoms with Gasteiger partial charge in [0.1, 0.15) is 10.4 Å². The van der Waals surface area contributed by atoms with Crippen molar-refractivity contribution in [3.63, 3.8) is 0 Å². The number of rotatable bonds is 4. The van der Waals surface area contributed by atoms with E-state index in [0.717, 1.165) is 0 Å². The zero-order valence-electron chi connectivity index (χ0n) is 8.90. The predicted octanol–water partition coefficient (Wildman–Crippen LogP) is 0.581. The van der Waals surface area contributed by atoms with E-state index in [2.05, 4.69) is 5.43 Å². The Morgan fingerprint density at radius 1 is 1.57 bits per heavy atom. The molecule has 4 nitrogen and oxygen atoms in total. The van der Waals surface area contributed by atoms with Gasteiger partial charge in [-0.1, -0.05) is 37.8 Å². The van der Waals surface area contributed by atoms with Crippen molar-refractivity contribution in [3.05, 3.63) is 0 Å². The molecule has 0 saturated heterocycles. The molecule has 0 aliphatic heterocycles. The van der Waals surface area contributed by atoms with Crippen LogP contribution in [0.4, 0.5) is 0 Å². The number of carbonyl (C=O) groups is 1. The number of thioether (sulfide) groups is 1. The molecule has 0 saturated carbocycles. The number of nitrogens with zero attached hydrogens (tertiary/aromatic N) is 1. The van der Waals surface area contributed by atoms with E-state index >= 15 is 0 Å². The van der Waals surface area contributed by atoms with Crippen molar-refractivity contribution in [1.29, 1.82) is 0 Å². The fourth-order valence-corrected chi connectivity index (χ4v) is 1.61. The van der Waals surface area contributed by atoms with Crippen molar-refractivity contribution in [3.8, 4) is 0 Å². The minimum Gasteiger partial charge on any atom is -0.368 e. The largest absolute Gasteiger partial charge is 0.368 e. The maximum atomic E-state index is 11.1. The Labute approximate surface area is 94.6 Å². The lowest BCUT2D eigenvalue weighted by Gasteiger charge is -2.29. The second-order valence-electron chi connectivity index (χ2n) is 3.31. The van der Waals surface area contributed by atoms with Crippen LogP contribution in [0.25, 0.3) is 0 Å². The monoisotopic (exact) mass is 235 g/mol. The maximum Gasteiger partial charge on any atom is 0.236 e. The molecule has 0 bridgehead atoms. The SMILES string of the molecule is CSC(=S)NN(C)C(C(N)=O)C(C)C. The molecule has 1 atom stereocenters. The van der Waals surface area contributed by atoms with Crippen LogP contribution in [-0.4, -0.2) is 34.6 Å². The predicted molar refractivity (Wildman–Crippen MR) is 64.8 cm³/mol. The van der Waals surface area contributed by atoms with Crippen LogP contribution < -0.4 is 11.2 Å². The summed E-state index contributed by atoms with van der Waals surface area (Å²) >= 11 is 6.40. The summed E-state index contributed by atoms with van der Waals surface area (Å²) in [5.74, 6) is -0.200. The lowest BCUT2D eigenvalue weighted by molar-refractivity contribution is -0.124. The molecule has 0 heterocycles. The van der Waals surface area contributed by atoms with Crippen LogP contribution >= 0.6 is 24.0 Å². The molecule has 0 spiro atoms. The number of nitrogens with two attached hydrogens (primary N) is 1. The van der Waals surface area contributed by atoms with Gasteiger partial charge in [0.2, 0.25) is 5.91 Å². The van der Waals surface area contributed by atoms with Gasteiger partial charge in [0.05, 0.1) is 0 Å². The Balaban J connectivity index is 4.37. The first kappa shape index (κ1) is 13.7. The Morgan fingerprint density at radius 2 is 2.07 bits per heavy atom. The summed E-state index contributed by atoms with van der Waals surface area (Å²) in [6, 6.07) is -0.347. The molecule has 3 N–H and O–H groups in total. The highest BCUT2D eigenvalue weighted by atomic mass is 32.2. The average Bonchev–Trinajstić information content (AvgIpc) is 2.02. The molecule has 0 aliphatic carbocycles. The van der Waals surface area contributed by atoms with E-state index < -0.39 is 0 Å². The van der Waals surface area contributed by atoms with Gasteiger partial charge in [0, 0.05) is 7.05 Å². The van der Waals surface area contributed by atoms with Crippen LogP contribution in [0.2, 0.25) is 0 Å². The molecule has 0 aromatic rings. The molecular weight excluding hydrogens is 218 g/mol. The highest BCUT2D eigenvalue weighted by Crippen LogP contribution is 2.07. The molecule has 0 aromatic heterocycles. The minimum absolute atomic E-state index is 0.148. The summed E-state index contributed by atoms with van der Waals surface area (Å²) in [5.41, 5.74) is 8.20. The fourth-order valence-electron chi connectivity index (χ4n) is 1.23. The molecule has 0 radical (unpaired) electrons. The number of nitrogens with one attached hydrogen (secondary N) is 1. The van der Waals surface area contributed by atoms with E-state index in [1.165, 1.54) is 11.8 Å². The first-order valence-corrected chi connectivity index (χ1v) is 5.90. The van der Waals surface area contributed by atoms with Crippen LogP contribution in [-0.2, 0) is 4.79 Å². The van der Waals surface area contributed by atoms with Gasteiger partial charge in [-0.15, -0.1) is 0 Å². The quantitative estimate of drug-likeness (QED) is 0.551. The topological polar surface area (TPSA) is 58.4 Å². The standard InChI is InChI=1S/C8H17N3OS2/c1-5(2)6(7(9)12)11(3)10-8(13)14-4/h5-6H,1-4H3,(H2,9,12)(H,10,13). The highest BCUT2D eigenvalue weighted by molar-refractivity contribution is 8.22. The smallest absolute Gasteiger partial charge is 0.236 e. The summed E-state index contributed by atoms with van der Waals surface area (Å²) in [6.07, 6.45) is 1.87. The summed E-state index contributed by atoms with van der Waals surface area (Å²) in [4.78, 5) is 11.1. The number of thiocarbonyl (C=S) groups is 1. The van der Waals surface area contributed by atoms with Gasteiger partial charge in [0.15, 0.2) is 0 Å². The van der Waals surface area contributed by atoms with Crippen molar-refractivity contribution >= 4 is 34.2 Å². The van der Waals surface area contributed by atoms with Crippen molar-refractivity contribution in [2.24, 2.45) is 11.7 Å². The van der Waals surface area contributed by atoms with Gasteiger partial charge in [-0.25, -0.2) is 5.01 Å². The third-order valence-electron chi connectivity index (χ3n) is 1.79. The van der Waals surface area contributed by atoms with Gasteiger partial charge in [-0.2, -0.15) is 0 Å². The van der Waals surface area contributed by atoms with E-state index in [1.54, 1.807) is 12.1 Å². The molecule has 6 heteroatoms. The number of amides is 1. The zero-order valence-corrected chi connectivity index (χ0v) is 10.5. The van der Waals surface area contributed by atoms with Crippen molar-refractivity contribution < 1.29 is 4.79 Å². The van der Waals surface area contributed by atoms with E-state index in [-0.39, 0.29) is 17.9 Å². The zero-order chi connectivity index (χ0) is 11.3. The summed E-state index contributed by atoms with van der Waals surface area (Å²) in [7, 11) is 1.76. The molecule has 1 unspecified atom stereocenters. The summed E-state index contributed by atoms with van der Waals surface area (Å²) < 4.78 is 0.624. The molecular formula is C8H17N3OS2. The van der Waals surface area contributed by atoms with Gasteiger partial charge in [-0.05, 0) is 12.2 Å². The van der Waals surface area contributed by atoms with Crippen LogP contribution in [0.1, 0.15) is 13.8 Å². The van der Waals surface area contributed by atoms with Crippen LogP contribution in [0, 0.1) is 5.92 Å². The Bertz CT molecular complexity index is 221. The number of likely N-dealkylation sites (N-methyl/N-ethyl adjacent to an activating group) is 1. The van der Waals surface area contributed by atoms with E-state index in [9.17, 15) is 4.79 Å². The van der Waals surface area contributed by atoms with Crippen molar-refractivity contribution in [2.75, 3.05) is 13.3 Å². The van der Waals surface area contributed by atoms with Crippen LogP contribution in [0.5, 0.6) is 0 Å². The highest BCUT2D eigenvalue weighted by Gasteiger charge is 2.24. The van der Waals surface area contributed by atoms with E-state index in [0.29, 0.717) is 4.32 Å². The Morgan fingerprint density at radius 3 is 2.36 bits per heavy atom. The molecule has 1 amide bonds. The van der Waals surface area contributed by atoms with Crippen LogP contribution in [0.3, 0.4) is 0 Å². The van der Waals surface area contributed by atoms with Gasteiger partial charge in [0.25, 0.3) is 0 Å².